The molecule has 0 aliphatic heterocycles. The molecule has 0 saturated carbocycles. The van der Waals surface area contributed by atoms with E-state index in [2.05, 4.69) is 10.3 Å². The second-order valence-corrected chi connectivity index (χ2v) is 7.14. The Kier molecular flexibility index (Phi) is 5.44. The van der Waals surface area contributed by atoms with Crippen molar-refractivity contribution in [2.24, 2.45) is 0 Å². The molecule has 7 heteroatoms. The lowest BCUT2D eigenvalue weighted by Gasteiger charge is -2.10. The third-order valence-electron chi connectivity index (χ3n) is 3.61. The van der Waals surface area contributed by atoms with Crippen molar-refractivity contribution in [2.45, 2.75) is 4.90 Å². The van der Waals surface area contributed by atoms with Gasteiger partial charge in [0.2, 0.25) is 0 Å². The average molecular weight is 386 g/mol. The Morgan fingerprint density at radius 3 is 2.46 bits per heavy atom. The van der Waals surface area contributed by atoms with Crippen LogP contribution >= 0.6 is 23.4 Å². The molecule has 0 aliphatic carbocycles. The van der Waals surface area contributed by atoms with E-state index in [4.69, 9.17) is 11.6 Å². The topological polar surface area (TPSA) is 62.3 Å². The van der Waals surface area contributed by atoms with Crippen LogP contribution < -0.4 is 5.32 Å². The molecule has 0 radical (unpaired) electrons. The van der Waals surface area contributed by atoms with Crippen LogP contribution in [0.5, 0.6) is 0 Å². The molecule has 2 aromatic carbocycles. The van der Waals surface area contributed by atoms with Crippen LogP contribution in [-0.2, 0) is 0 Å². The minimum atomic E-state index is -0.345. The summed E-state index contributed by atoms with van der Waals surface area (Å²) in [6.45, 7) is 0. The number of hydrogen-bond acceptors (Lipinski definition) is 4. The Hall–Kier alpha value is -2.57. The summed E-state index contributed by atoms with van der Waals surface area (Å²) in [4.78, 5) is 30.6. The molecule has 1 aromatic heterocycles. The van der Waals surface area contributed by atoms with E-state index in [1.807, 2.05) is 24.3 Å². The number of aromatic nitrogens is 1. The molecule has 1 heterocycles. The number of halogens is 1. The number of hydrogen-bond donors (Lipinski definition) is 1. The number of amides is 2. The van der Waals surface area contributed by atoms with E-state index >= 15 is 0 Å². The van der Waals surface area contributed by atoms with Crippen LogP contribution in [0.3, 0.4) is 0 Å². The zero-order valence-corrected chi connectivity index (χ0v) is 15.8. The quantitative estimate of drug-likeness (QED) is 0.513. The molecule has 0 atom stereocenters. The standard InChI is InChI=1S/C19H16ClN3O2S/c1-23(2)19(25)26-14-9-7-13(8-10-14)21-18(24)16-11-12-5-3-4-6-15(12)17(20)22-16/h3-11H,1-2H3,(H,21,24). The number of carbonyl (C=O) groups is 2. The zero-order chi connectivity index (χ0) is 18.7. The predicted octanol–water partition coefficient (Wildman–Crippen LogP) is 4.91. The lowest BCUT2D eigenvalue weighted by atomic mass is 10.1. The number of nitrogens with one attached hydrogen (secondary N) is 1. The van der Waals surface area contributed by atoms with Crippen LogP contribution in [-0.4, -0.2) is 35.1 Å². The molecule has 132 valence electrons. The SMILES string of the molecule is CN(C)C(=O)Sc1ccc(NC(=O)c2cc3ccccc3c(Cl)n2)cc1. The molecule has 0 fully saturated rings. The summed E-state index contributed by atoms with van der Waals surface area (Å²) in [5, 5.41) is 4.68. The lowest BCUT2D eigenvalue weighted by Crippen LogP contribution is -2.16. The number of carbonyl (C=O) groups excluding carboxylic acids is 2. The predicted molar refractivity (Wildman–Crippen MR) is 106 cm³/mol. The zero-order valence-electron chi connectivity index (χ0n) is 14.2. The van der Waals surface area contributed by atoms with Crippen LogP contribution in [0.25, 0.3) is 10.8 Å². The van der Waals surface area contributed by atoms with Gasteiger partial charge in [-0.1, -0.05) is 35.9 Å². The highest BCUT2D eigenvalue weighted by atomic mass is 35.5. The van der Waals surface area contributed by atoms with Crippen molar-refractivity contribution in [1.82, 2.24) is 9.88 Å². The van der Waals surface area contributed by atoms with Gasteiger partial charge in [0.15, 0.2) is 0 Å². The molecular formula is C19H16ClN3O2S. The van der Waals surface area contributed by atoms with Crippen LogP contribution in [0.15, 0.2) is 59.5 Å². The van der Waals surface area contributed by atoms with E-state index in [0.717, 1.165) is 27.4 Å². The molecule has 0 saturated heterocycles. The Morgan fingerprint density at radius 1 is 1.08 bits per heavy atom. The fourth-order valence-electron chi connectivity index (χ4n) is 2.27. The summed E-state index contributed by atoms with van der Waals surface area (Å²) in [6, 6.07) is 16.2. The van der Waals surface area contributed by atoms with Crippen LogP contribution in [0.2, 0.25) is 5.15 Å². The first-order valence-corrected chi connectivity index (χ1v) is 8.99. The molecule has 3 aromatic rings. The van der Waals surface area contributed by atoms with Crippen molar-refractivity contribution in [2.75, 3.05) is 19.4 Å². The van der Waals surface area contributed by atoms with Gasteiger partial charge in [0.1, 0.15) is 10.8 Å². The number of pyridine rings is 1. The molecule has 0 unspecified atom stereocenters. The van der Waals surface area contributed by atoms with Crippen molar-refractivity contribution < 1.29 is 9.59 Å². The van der Waals surface area contributed by atoms with E-state index in [0.29, 0.717) is 10.8 Å². The Bertz CT molecular complexity index is 974. The van der Waals surface area contributed by atoms with Gasteiger partial charge in [0.05, 0.1) is 0 Å². The normalized spacial score (nSPS) is 10.6. The summed E-state index contributed by atoms with van der Waals surface area (Å²) in [6.07, 6.45) is 0. The molecule has 26 heavy (non-hydrogen) atoms. The number of nitrogens with zero attached hydrogens (tertiary/aromatic N) is 2. The molecule has 2 amide bonds. The van der Waals surface area contributed by atoms with Gasteiger partial charge in [-0.05, 0) is 47.5 Å². The summed E-state index contributed by atoms with van der Waals surface area (Å²) < 4.78 is 0. The molecule has 0 bridgehead atoms. The summed E-state index contributed by atoms with van der Waals surface area (Å²) in [5.41, 5.74) is 0.859. The first kappa shape index (κ1) is 18.2. The maximum absolute atomic E-state index is 12.5. The first-order chi connectivity index (χ1) is 12.4. The molecule has 0 aliphatic rings. The van der Waals surface area contributed by atoms with Crippen molar-refractivity contribution in [3.8, 4) is 0 Å². The van der Waals surface area contributed by atoms with Crippen molar-refractivity contribution >= 4 is 51.0 Å². The maximum atomic E-state index is 12.5. The van der Waals surface area contributed by atoms with Gasteiger partial charge in [-0.15, -0.1) is 0 Å². The number of fused-ring (bicyclic) bond motifs is 1. The Balaban J connectivity index is 1.75. The van der Waals surface area contributed by atoms with Gasteiger partial charge in [-0.3, -0.25) is 9.59 Å². The van der Waals surface area contributed by atoms with Crippen molar-refractivity contribution in [3.05, 3.63) is 65.4 Å². The third-order valence-corrected chi connectivity index (χ3v) is 4.94. The van der Waals surface area contributed by atoms with Crippen molar-refractivity contribution in [1.29, 1.82) is 0 Å². The molecule has 1 N–H and O–H groups in total. The van der Waals surface area contributed by atoms with E-state index < -0.39 is 0 Å². The third kappa shape index (κ3) is 4.15. The van der Waals surface area contributed by atoms with E-state index in [9.17, 15) is 9.59 Å². The smallest absolute Gasteiger partial charge is 0.285 e. The van der Waals surface area contributed by atoms with Crippen molar-refractivity contribution in [3.63, 3.8) is 0 Å². The van der Waals surface area contributed by atoms with E-state index in [1.54, 1.807) is 44.4 Å². The second kappa shape index (κ2) is 7.76. The maximum Gasteiger partial charge on any atom is 0.285 e. The summed E-state index contributed by atoms with van der Waals surface area (Å²) in [7, 11) is 3.40. The summed E-state index contributed by atoms with van der Waals surface area (Å²) >= 11 is 7.30. The minimum Gasteiger partial charge on any atom is -0.339 e. The molecular weight excluding hydrogens is 370 g/mol. The molecule has 0 spiro atoms. The average Bonchev–Trinajstić information content (AvgIpc) is 2.63. The van der Waals surface area contributed by atoms with E-state index in [-0.39, 0.29) is 16.8 Å². The van der Waals surface area contributed by atoms with Gasteiger partial charge in [0, 0.05) is 30.1 Å². The highest BCUT2D eigenvalue weighted by Crippen LogP contribution is 2.24. The Labute approximate surface area is 160 Å². The number of anilines is 1. The molecule has 3 rings (SSSR count). The highest BCUT2D eigenvalue weighted by molar-refractivity contribution is 8.13. The first-order valence-electron chi connectivity index (χ1n) is 7.80. The fraction of sp³-hybridized carbons (Fsp3) is 0.105. The van der Waals surface area contributed by atoms with Gasteiger partial charge >= 0.3 is 0 Å². The lowest BCUT2D eigenvalue weighted by molar-refractivity contribution is 0.102. The molecule has 5 nitrogen and oxygen atoms in total. The van der Waals surface area contributed by atoms with Crippen LogP contribution in [0, 0.1) is 0 Å². The number of thioether (sulfide) groups is 1. The summed E-state index contributed by atoms with van der Waals surface area (Å²) in [5.74, 6) is -0.345. The number of benzene rings is 2. The number of rotatable bonds is 3. The monoisotopic (exact) mass is 385 g/mol. The Morgan fingerprint density at radius 2 is 1.77 bits per heavy atom. The largest absolute Gasteiger partial charge is 0.339 e. The second-order valence-electron chi connectivity index (χ2n) is 5.76. The van der Waals surface area contributed by atoms with Gasteiger partial charge in [-0.25, -0.2) is 4.98 Å². The minimum absolute atomic E-state index is 0.0585. The van der Waals surface area contributed by atoms with Crippen LogP contribution in [0.1, 0.15) is 10.5 Å². The van der Waals surface area contributed by atoms with Crippen LogP contribution in [0.4, 0.5) is 10.5 Å². The van der Waals surface area contributed by atoms with E-state index in [1.165, 1.54) is 4.90 Å². The fourth-order valence-corrected chi connectivity index (χ4v) is 3.19. The highest BCUT2D eigenvalue weighted by Gasteiger charge is 2.12. The van der Waals surface area contributed by atoms with Gasteiger partial charge in [-0.2, -0.15) is 0 Å². The van der Waals surface area contributed by atoms with Gasteiger partial charge in [0.25, 0.3) is 11.1 Å². The van der Waals surface area contributed by atoms with Gasteiger partial charge < -0.3 is 10.2 Å².